The van der Waals surface area contributed by atoms with Crippen LogP contribution in [0.5, 0.6) is 5.75 Å². The fourth-order valence-corrected chi connectivity index (χ4v) is 2.53. The number of hydrogen-bond donors (Lipinski definition) is 1. The van der Waals surface area contributed by atoms with Gasteiger partial charge in [-0.15, -0.1) is 0 Å². The Morgan fingerprint density at radius 3 is 2.52 bits per heavy atom. The van der Waals surface area contributed by atoms with Crippen molar-refractivity contribution in [3.63, 3.8) is 0 Å². The van der Waals surface area contributed by atoms with Crippen LogP contribution in [0.4, 0.5) is 0 Å². The van der Waals surface area contributed by atoms with E-state index in [1.807, 2.05) is 32.2 Å². The van der Waals surface area contributed by atoms with Gasteiger partial charge in [0.15, 0.2) is 0 Å². The Kier molecular flexibility index (Phi) is 5.51. The van der Waals surface area contributed by atoms with Crippen LogP contribution in [0.3, 0.4) is 0 Å². The van der Waals surface area contributed by atoms with E-state index >= 15 is 0 Å². The lowest BCUT2D eigenvalue weighted by Crippen LogP contribution is -2.12. The van der Waals surface area contributed by atoms with Crippen molar-refractivity contribution < 1.29 is 4.74 Å². The van der Waals surface area contributed by atoms with Crippen molar-refractivity contribution in [1.82, 2.24) is 5.32 Å². The predicted molar refractivity (Wildman–Crippen MR) is 89.4 cm³/mol. The van der Waals surface area contributed by atoms with Gasteiger partial charge in [0.25, 0.3) is 0 Å². The van der Waals surface area contributed by atoms with Crippen LogP contribution in [0.25, 0.3) is 0 Å². The number of nitrogens with one attached hydrogen (secondary N) is 1. The largest absolute Gasteiger partial charge is 0.489 e. The molecule has 0 aliphatic carbocycles. The van der Waals surface area contributed by atoms with Gasteiger partial charge < -0.3 is 10.1 Å². The second kappa shape index (κ2) is 7.17. The van der Waals surface area contributed by atoms with Crippen molar-refractivity contribution >= 4 is 23.2 Å². The van der Waals surface area contributed by atoms with Crippen LogP contribution in [0, 0.1) is 6.92 Å². The molecule has 0 aromatic heterocycles. The molecule has 2 rings (SSSR count). The highest BCUT2D eigenvalue weighted by Crippen LogP contribution is 2.26. The zero-order valence-electron chi connectivity index (χ0n) is 12.4. The van der Waals surface area contributed by atoms with Gasteiger partial charge in [-0.05, 0) is 50.2 Å². The molecule has 0 heterocycles. The van der Waals surface area contributed by atoms with Crippen LogP contribution in [0.2, 0.25) is 10.0 Å². The molecule has 2 aromatic rings. The van der Waals surface area contributed by atoms with E-state index < -0.39 is 0 Å². The quantitative estimate of drug-likeness (QED) is 0.820. The second-order valence-electron chi connectivity index (χ2n) is 5.06. The maximum Gasteiger partial charge on any atom is 0.122 e. The van der Waals surface area contributed by atoms with E-state index in [1.165, 1.54) is 5.56 Å². The Morgan fingerprint density at radius 2 is 1.90 bits per heavy atom. The first-order valence-electron chi connectivity index (χ1n) is 6.86. The third-order valence-electron chi connectivity index (χ3n) is 3.53. The van der Waals surface area contributed by atoms with Gasteiger partial charge >= 0.3 is 0 Å². The Morgan fingerprint density at radius 1 is 1.14 bits per heavy atom. The smallest absolute Gasteiger partial charge is 0.122 e. The average Bonchev–Trinajstić information content (AvgIpc) is 2.46. The SMILES string of the molecule is CNC(C)c1ccc(OCc2ccc(Cl)cc2Cl)c(C)c1. The van der Waals surface area contributed by atoms with Crippen LogP contribution < -0.4 is 10.1 Å². The molecule has 21 heavy (non-hydrogen) atoms. The van der Waals surface area contributed by atoms with Crippen molar-refractivity contribution in [1.29, 1.82) is 0 Å². The summed E-state index contributed by atoms with van der Waals surface area (Å²) in [5.74, 6) is 0.869. The molecule has 0 bridgehead atoms. The van der Waals surface area contributed by atoms with E-state index in [2.05, 4.69) is 24.4 Å². The molecule has 1 N–H and O–H groups in total. The molecule has 0 amide bonds. The average molecular weight is 324 g/mol. The molecule has 112 valence electrons. The van der Waals surface area contributed by atoms with Crippen LogP contribution >= 0.6 is 23.2 Å². The van der Waals surface area contributed by atoms with Gasteiger partial charge in [-0.1, -0.05) is 41.4 Å². The van der Waals surface area contributed by atoms with Crippen LogP contribution in [0.1, 0.15) is 29.7 Å². The number of aryl methyl sites for hydroxylation is 1. The van der Waals surface area contributed by atoms with E-state index in [0.29, 0.717) is 22.7 Å². The Balaban J connectivity index is 2.10. The van der Waals surface area contributed by atoms with E-state index in [9.17, 15) is 0 Å². The van der Waals surface area contributed by atoms with Gasteiger partial charge in [0, 0.05) is 21.7 Å². The summed E-state index contributed by atoms with van der Waals surface area (Å²) < 4.78 is 5.86. The van der Waals surface area contributed by atoms with Gasteiger partial charge in [0.05, 0.1) is 0 Å². The standard InChI is InChI=1S/C17H19Cl2NO/c1-11-8-13(12(2)20-3)5-7-17(11)21-10-14-4-6-15(18)9-16(14)19/h4-9,12,20H,10H2,1-3H3. The number of ether oxygens (including phenoxy) is 1. The molecule has 4 heteroatoms. The lowest BCUT2D eigenvalue weighted by molar-refractivity contribution is 0.304. The first-order chi connectivity index (χ1) is 10.0. The summed E-state index contributed by atoms with van der Waals surface area (Å²) in [6.45, 7) is 4.60. The van der Waals surface area contributed by atoms with E-state index in [1.54, 1.807) is 6.07 Å². The van der Waals surface area contributed by atoms with Gasteiger partial charge in [0.1, 0.15) is 12.4 Å². The summed E-state index contributed by atoms with van der Waals surface area (Å²) >= 11 is 12.0. The molecule has 1 unspecified atom stereocenters. The second-order valence-corrected chi connectivity index (χ2v) is 5.90. The fourth-order valence-electron chi connectivity index (χ4n) is 2.06. The molecule has 2 aromatic carbocycles. The third-order valence-corrected chi connectivity index (χ3v) is 4.12. The van der Waals surface area contributed by atoms with Crippen molar-refractivity contribution in [2.24, 2.45) is 0 Å². The molecular weight excluding hydrogens is 305 g/mol. The summed E-state index contributed by atoms with van der Waals surface area (Å²) in [4.78, 5) is 0. The minimum atomic E-state index is 0.323. The van der Waals surface area contributed by atoms with Crippen molar-refractivity contribution in [3.8, 4) is 5.75 Å². The maximum absolute atomic E-state index is 6.15. The zero-order chi connectivity index (χ0) is 15.4. The van der Waals surface area contributed by atoms with Gasteiger partial charge in [0.2, 0.25) is 0 Å². The first-order valence-corrected chi connectivity index (χ1v) is 7.61. The minimum absolute atomic E-state index is 0.323. The topological polar surface area (TPSA) is 21.3 Å². The maximum atomic E-state index is 6.15. The lowest BCUT2D eigenvalue weighted by atomic mass is 10.1. The van der Waals surface area contributed by atoms with Crippen LogP contribution in [-0.4, -0.2) is 7.05 Å². The summed E-state index contributed by atoms with van der Waals surface area (Å²) in [6.07, 6.45) is 0. The molecule has 0 saturated carbocycles. The van der Waals surface area contributed by atoms with Crippen molar-refractivity contribution in [3.05, 3.63) is 63.1 Å². The molecule has 0 aliphatic heterocycles. The Hall–Kier alpha value is -1.22. The summed E-state index contributed by atoms with van der Waals surface area (Å²) in [7, 11) is 1.95. The zero-order valence-corrected chi connectivity index (χ0v) is 13.9. The number of halogens is 2. The molecule has 1 atom stereocenters. The van der Waals surface area contributed by atoms with Crippen LogP contribution in [-0.2, 0) is 6.61 Å². The van der Waals surface area contributed by atoms with E-state index in [4.69, 9.17) is 27.9 Å². The molecule has 0 spiro atoms. The normalized spacial score (nSPS) is 12.2. The molecule has 0 fully saturated rings. The molecule has 0 saturated heterocycles. The highest BCUT2D eigenvalue weighted by Gasteiger charge is 2.07. The van der Waals surface area contributed by atoms with Gasteiger partial charge in [-0.2, -0.15) is 0 Å². The Bertz CT molecular complexity index is 628. The van der Waals surface area contributed by atoms with Crippen LogP contribution in [0.15, 0.2) is 36.4 Å². The first kappa shape index (κ1) is 16.2. The highest BCUT2D eigenvalue weighted by molar-refractivity contribution is 6.35. The van der Waals surface area contributed by atoms with Gasteiger partial charge in [-0.3, -0.25) is 0 Å². The van der Waals surface area contributed by atoms with Crippen molar-refractivity contribution in [2.75, 3.05) is 7.05 Å². The predicted octanol–water partition coefficient (Wildman–Crippen LogP) is 5.16. The van der Waals surface area contributed by atoms with E-state index in [-0.39, 0.29) is 0 Å². The molecule has 0 radical (unpaired) electrons. The van der Waals surface area contributed by atoms with E-state index in [0.717, 1.165) is 16.9 Å². The van der Waals surface area contributed by atoms with Crippen molar-refractivity contribution in [2.45, 2.75) is 26.5 Å². The fraction of sp³-hybridized carbons (Fsp3) is 0.294. The number of benzene rings is 2. The molecule has 2 nitrogen and oxygen atoms in total. The number of rotatable bonds is 5. The Labute approximate surface area is 136 Å². The third kappa shape index (κ3) is 4.13. The van der Waals surface area contributed by atoms with Gasteiger partial charge in [-0.25, -0.2) is 0 Å². The summed E-state index contributed by atoms with van der Waals surface area (Å²) in [5, 5.41) is 4.48. The summed E-state index contributed by atoms with van der Waals surface area (Å²) in [5.41, 5.74) is 3.28. The molecule has 0 aliphatic rings. The lowest BCUT2D eigenvalue weighted by Gasteiger charge is -2.15. The highest BCUT2D eigenvalue weighted by atomic mass is 35.5. The molecular formula is C17H19Cl2NO. The summed E-state index contributed by atoms with van der Waals surface area (Å²) in [6, 6.07) is 12.0. The monoisotopic (exact) mass is 323 g/mol. The minimum Gasteiger partial charge on any atom is -0.489 e. The number of hydrogen-bond acceptors (Lipinski definition) is 2.